The van der Waals surface area contributed by atoms with Crippen LogP contribution in [0.3, 0.4) is 0 Å². The van der Waals surface area contributed by atoms with E-state index in [1.54, 1.807) is 0 Å². The summed E-state index contributed by atoms with van der Waals surface area (Å²) in [6.45, 7) is 3.79. The number of nitrogens with zero attached hydrogens (tertiary/aromatic N) is 1. The Labute approximate surface area is 125 Å². The van der Waals surface area contributed by atoms with Crippen LogP contribution in [0.2, 0.25) is 0 Å². The van der Waals surface area contributed by atoms with Crippen molar-refractivity contribution in [1.29, 1.82) is 0 Å². The molecule has 1 aromatic carbocycles. The van der Waals surface area contributed by atoms with Gasteiger partial charge in [-0.2, -0.15) is 0 Å². The van der Waals surface area contributed by atoms with Crippen molar-refractivity contribution in [2.75, 3.05) is 25.4 Å². The molecule has 114 valence electrons. The Hall–Kier alpha value is -2.04. The SMILES string of the molecule is C1CCC2=[N+](CC1)CCCN2.Nc1ccc(C(=O)[O-])cc1. The lowest BCUT2D eigenvalue weighted by Gasteiger charge is -2.14. The number of carboxylic acids is 1. The van der Waals surface area contributed by atoms with Gasteiger partial charge in [-0.3, -0.25) is 9.89 Å². The molecule has 0 aliphatic carbocycles. The maximum atomic E-state index is 10.2. The highest BCUT2D eigenvalue weighted by Crippen LogP contribution is 2.08. The third-order valence-corrected chi connectivity index (χ3v) is 3.80. The third-order valence-electron chi connectivity index (χ3n) is 3.80. The zero-order valence-electron chi connectivity index (χ0n) is 12.3. The Morgan fingerprint density at radius 1 is 1.10 bits per heavy atom. The largest absolute Gasteiger partial charge is 0.545 e. The van der Waals surface area contributed by atoms with Crippen LogP contribution in [0, 0.1) is 0 Å². The summed E-state index contributed by atoms with van der Waals surface area (Å²) < 4.78 is 2.54. The molecule has 2 aliphatic heterocycles. The number of amidine groups is 1. The Morgan fingerprint density at radius 2 is 1.81 bits per heavy atom. The molecule has 21 heavy (non-hydrogen) atoms. The molecule has 0 saturated heterocycles. The normalized spacial score (nSPS) is 17.7. The average molecular weight is 289 g/mol. The highest BCUT2D eigenvalue weighted by Gasteiger charge is 2.19. The van der Waals surface area contributed by atoms with Crippen molar-refractivity contribution in [3.05, 3.63) is 29.8 Å². The molecule has 0 atom stereocenters. The summed E-state index contributed by atoms with van der Waals surface area (Å²) in [6, 6.07) is 5.85. The molecule has 0 bridgehead atoms. The first-order valence-corrected chi connectivity index (χ1v) is 7.58. The van der Waals surface area contributed by atoms with E-state index in [2.05, 4.69) is 9.89 Å². The number of nitrogens with one attached hydrogen (secondary N) is 1. The highest BCUT2D eigenvalue weighted by molar-refractivity contribution is 5.86. The number of carbonyl (C=O) groups excluding carboxylic acids is 1. The second kappa shape index (κ2) is 7.67. The quantitative estimate of drug-likeness (QED) is 0.586. The zero-order chi connectivity index (χ0) is 15.1. The minimum absolute atomic E-state index is 0.147. The van der Waals surface area contributed by atoms with E-state index in [9.17, 15) is 9.90 Å². The van der Waals surface area contributed by atoms with Crippen LogP contribution in [0.4, 0.5) is 5.69 Å². The molecule has 0 unspecified atom stereocenters. The molecule has 2 heterocycles. The van der Waals surface area contributed by atoms with Crippen LogP contribution >= 0.6 is 0 Å². The van der Waals surface area contributed by atoms with Crippen LogP contribution in [-0.2, 0) is 0 Å². The molecule has 0 saturated carbocycles. The van der Waals surface area contributed by atoms with Gasteiger partial charge in [0, 0.05) is 18.5 Å². The van der Waals surface area contributed by atoms with E-state index in [0.717, 1.165) is 0 Å². The fourth-order valence-corrected chi connectivity index (χ4v) is 2.63. The summed E-state index contributed by atoms with van der Waals surface area (Å²) in [4.78, 5) is 10.2. The van der Waals surface area contributed by atoms with E-state index >= 15 is 0 Å². The average Bonchev–Trinajstić information content (AvgIpc) is 2.73. The maximum absolute atomic E-state index is 10.2. The first kappa shape index (κ1) is 15.4. The molecule has 0 amide bonds. The van der Waals surface area contributed by atoms with Crippen molar-refractivity contribution < 1.29 is 14.5 Å². The Morgan fingerprint density at radius 3 is 2.52 bits per heavy atom. The number of aromatic carboxylic acids is 1. The van der Waals surface area contributed by atoms with Crippen LogP contribution in [0.15, 0.2) is 24.3 Å². The lowest BCUT2D eigenvalue weighted by Crippen LogP contribution is -2.40. The highest BCUT2D eigenvalue weighted by atomic mass is 16.4. The van der Waals surface area contributed by atoms with Gasteiger partial charge in [-0.15, -0.1) is 0 Å². The van der Waals surface area contributed by atoms with E-state index in [1.165, 1.54) is 81.8 Å². The third kappa shape index (κ3) is 4.77. The molecule has 0 aromatic heterocycles. The van der Waals surface area contributed by atoms with Crippen molar-refractivity contribution in [1.82, 2.24) is 5.32 Å². The summed E-state index contributed by atoms with van der Waals surface area (Å²) in [5.74, 6) is 0.341. The minimum Gasteiger partial charge on any atom is -0.545 e. The predicted octanol–water partition coefficient (Wildman–Crippen LogP) is 0.597. The lowest BCUT2D eigenvalue weighted by atomic mass is 10.2. The fraction of sp³-hybridized carbons (Fsp3) is 0.500. The van der Waals surface area contributed by atoms with Gasteiger partial charge in [0.25, 0.3) is 0 Å². The minimum atomic E-state index is -1.18. The molecule has 0 spiro atoms. The second-order valence-corrected chi connectivity index (χ2v) is 5.43. The lowest BCUT2D eigenvalue weighted by molar-refractivity contribution is -0.534. The summed E-state index contributed by atoms with van der Waals surface area (Å²) in [5.41, 5.74) is 6.01. The van der Waals surface area contributed by atoms with Crippen LogP contribution in [0.25, 0.3) is 0 Å². The van der Waals surface area contributed by atoms with E-state index in [1.807, 2.05) is 0 Å². The number of carbonyl (C=O) groups is 1. The fourth-order valence-electron chi connectivity index (χ4n) is 2.63. The van der Waals surface area contributed by atoms with Gasteiger partial charge in [0.1, 0.15) is 0 Å². The van der Waals surface area contributed by atoms with Gasteiger partial charge in [0.15, 0.2) is 0 Å². The van der Waals surface area contributed by atoms with E-state index in [-0.39, 0.29) is 5.56 Å². The summed E-state index contributed by atoms with van der Waals surface area (Å²) in [6.07, 6.45) is 6.81. The summed E-state index contributed by atoms with van der Waals surface area (Å²) in [7, 11) is 0. The molecule has 0 radical (unpaired) electrons. The number of nitrogens with two attached hydrogens (primary N) is 1. The molecule has 0 fully saturated rings. The second-order valence-electron chi connectivity index (χ2n) is 5.43. The number of hydrogen-bond acceptors (Lipinski definition) is 4. The first-order valence-electron chi connectivity index (χ1n) is 7.58. The van der Waals surface area contributed by atoms with Gasteiger partial charge in [0.05, 0.1) is 25.6 Å². The predicted molar refractivity (Wildman–Crippen MR) is 81.3 cm³/mol. The summed E-state index contributed by atoms with van der Waals surface area (Å²) >= 11 is 0. The van der Waals surface area contributed by atoms with Crippen molar-refractivity contribution in [2.24, 2.45) is 0 Å². The number of nitrogen functional groups attached to an aromatic ring is 1. The van der Waals surface area contributed by atoms with Crippen molar-refractivity contribution in [2.45, 2.75) is 32.1 Å². The molecule has 3 N–H and O–H groups in total. The summed E-state index contributed by atoms with van der Waals surface area (Å²) in [5, 5.41) is 13.7. The van der Waals surface area contributed by atoms with Crippen molar-refractivity contribution in [3.8, 4) is 0 Å². The van der Waals surface area contributed by atoms with E-state index < -0.39 is 5.97 Å². The molecule has 5 heteroatoms. The zero-order valence-corrected chi connectivity index (χ0v) is 12.3. The number of rotatable bonds is 1. The molecule has 3 rings (SSSR count). The monoisotopic (exact) mass is 289 g/mol. The maximum Gasteiger partial charge on any atom is 0.244 e. The van der Waals surface area contributed by atoms with E-state index in [4.69, 9.17) is 5.73 Å². The first-order chi connectivity index (χ1) is 10.2. The van der Waals surface area contributed by atoms with E-state index in [0.29, 0.717) is 5.69 Å². The van der Waals surface area contributed by atoms with Gasteiger partial charge in [-0.1, -0.05) is 12.1 Å². The topological polar surface area (TPSA) is 81.2 Å². The Balaban J connectivity index is 0.000000155. The van der Waals surface area contributed by atoms with Crippen LogP contribution in [0.1, 0.15) is 42.5 Å². The van der Waals surface area contributed by atoms with Gasteiger partial charge >= 0.3 is 0 Å². The van der Waals surface area contributed by atoms with Gasteiger partial charge < -0.3 is 15.6 Å². The van der Waals surface area contributed by atoms with Gasteiger partial charge in [-0.25, -0.2) is 0 Å². The Bertz CT molecular complexity index is 491. The molecule has 5 nitrogen and oxygen atoms in total. The number of hydrogen-bond donors (Lipinski definition) is 2. The number of anilines is 1. The number of carboxylic acid groups (broad SMARTS) is 1. The van der Waals surface area contributed by atoms with Crippen LogP contribution < -0.4 is 16.2 Å². The van der Waals surface area contributed by atoms with Crippen LogP contribution in [-0.4, -0.2) is 36.0 Å². The van der Waals surface area contributed by atoms with Gasteiger partial charge in [0.2, 0.25) is 5.84 Å². The molecule has 2 aliphatic rings. The molecular weight excluding hydrogens is 266 g/mol. The molecule has 1 aromatic rings. The smallest absolute Gasteiger partial charge is 0.244 e. The Kier molecular flexibility index (Phi) is 5.60. The number of benzene rings is 1. The molecular formula is C16H23N3O2. The van der Waals surface area contributed by atoms with Crippen molar-refractivity contribution in [3.63, 3.8) is 0 Å². The van der Waals surface area contributed by atoms with Crippen LogP contribution in [0.5, 0.6) is 0 Å². The van der Waals surface area contributed by atoms with Gasteiger partial charge in [-0.05, 0) is 37.0 Å². The van der Waals surface area contributed by atoms with Crippen molar-refractivity contribution >= 4 is 17.5 Å². The standard InChI is InChI=1S/C9H16N2.C7H7NO2/c1-2-5-9-10-6-4-8-11(9)7-3-1;8-6-3-1-5(2-4-6)7(9)10/h1-8H2;1-4H,8H2,(H,9,10).